The van der Waals surface area contributed by atoms with E-state index in [0.717, 1.165) is 77.3 Å². The molecule has 342 valence electrons. The van der Waals surface area contributed by atoms with Crippen LogP contribution >= 0.6 is 0 Å². The average molecular weight is 916 g/mol. The third-order valence-corrected chi connectivity index (χ3v) is 15.7. The van der Waals surface area contributed by atoms with Gasteiger partial charge in [0, 0.05) is 38.4 Å². The molecule has 1 aliphatic rings. The highest BCUT2D eigenvalue weighted by Crippen LogP contribution is 2.52. The van der Waals surface area contributed by atoms with Crippen molar-refractivity contribution >= 4 is 43.6 Å². The number of hydrogen-bond donors (Lipinski definition) is 0. The second-order valence-electron chi connectivity index (χ2n) is 20.7. The van der Waals surface area contributed by atoms with Gasteiger partial charge in [0.2, 0.25) is 5.95 Å². The van der Waals surface area contributed by atoms with Crippen LogP contribution in [0.25, 0.3) is 111 Å². The van der Waals surface area contributed by atoms with Crippen LogP contribution in [0.1, 0.15) is 52.2 Å². The van der Waals surface area contributed by atoms with Crippen molar-refractivity contribution in [1.82, 2.24) is 24.1 Å². The fourth-order valence-corrected chi connectivity index (χ4v) is 11.9. The van der Waals surface area contributed by atoms with E-state index in [1.807, 2.05) is 0 Å². The predicted molar refractivity (Wildman–Crippen MR) is 296 cm³/mol. The zero-order valence-electron chi connectivity index (χ0n) is 40.7. The Kier molecular flexibility index (Phi) is 9.83. The SMILES string of the molecule is CC1CC(C)(C)c2cccc(-c3ccc(-n4c5ccccc5c5ccc6c7ccccc7n(-c7nc(-c8ccc(-c9ccccc9)cc8)nc(-c8ccccc8-c8ccccc8)n7)c6c54)cc3)c2C1(C)C. The average Bonchev–Trinajstić information content (AvgIpc) is 3.94. The molecule has 3 aromatic heterocycles. The van der Waals surface area contributed by atoms with E-state index in [0.29, 0.717) is 23.5 Å². The van der Waals surface area contributed by atoms with E-state index in [-0.39, 0.29) is 10.8 Å². The van der Waals surface area contributed by atoms with Gasteiger partial charge in [-0.15, -0.1) is 0 Å². The molecule has 0 bridgehead atoms. The molecule has 0 saturated heterocycles. The number of hydrogen-bond acceptors (Lipinski definition) is 3. The van der Waals surface area contributed by atoms with Crippen molar-refractivity contribution in [2.45, 2.75) is 51.9 Å². The maximum absolute atomic E-state index is 5.53. The van der Waals surface area contributed by atoms with Crippen LogP contribution in [0.2, 0.25) is 0 Å². The predicted octanol–water partition coefficient (Wildman–Crippen LogP) is 17.0. The molecule has 1 aliphatic carbocycles. The van der Waals surface area contributed by atoms with Crippen molar-refractivity contribution in [3.8, 4) is 67.8 Å². The van der Waals surface area contributed by atoms with Gasteiger partial charge < -0.3 is 4.57 Å². The first-order chi connectivity index (χ1) is 34.6. The van der Waals surface area contributed by atoms with E-state index in [2.05, 4.69) is 256 Å². The van der Waals surface area contributed by atoms with Crippen LogP contribution < -0.4 is 0 Å². The van der Waals surface area contributed by atoms with Crippen molar-refractivity contribution in [2.75, 3.05) is 0 Å². The molecule has 0 spiro atoms. The molecule has 5 nitrogen and oxygen atoms in total. The van der Waals surface area contributed by atoms with E-state index < -0.39 is 0 Å². The fourth-order valence-electron chi connectivity index (χ4n) is 11.9. The largest absolute Gasteiger partial charge is 0.307 e. The smallest absolute Gasteiger partial charge is 0.238 e. The molecular weight excluding hydrogens is 863 g/mol. The lowest BCUT2D eigenvalue weighted by atomic mass is 9.57. The molecule has 5 heteroatoms. The van der Waals surface area contributed by atoms with Crippen molar-refractivity contribution in [2.24, 2.45) is 5.92 Å². The van der Waals surface area contributed by atoms with Crippen molar-refractivity contribution < 1.29 is 0 Å². The zero-order chi connectivity index (χ0) is 48.0. The Balaban J connectivity index is 1.06. The molecule has 0 N–H and O–H groups in total. The molecule has 0 saturated carbocycles. The van der Waals surface area contributed by atoms with Crippen molar-refractivity contribution in [3.63, 3.8) is 0 Å². The van der Waals surface area contributed by atoms with Gasteiger partial charge in [-0.1, -0.05) is 223 Å². The van der Waals surface area contributed by atoms with Crippen LogP contribution in [0.5, 0.6) is 0 Å². The summed E-state index contributed by atoms with van der Waals surface area (Å²) in [6, 6.07) is 76.3. The molecule has 1 atom stereocenters. The van der Waals surface area contributed by atoms with Crippen LogP contribution in [0, 0.1) is 5.92 Å². The molecule has 0 fully saturated rings. The van der Waals surface area contributed by atoms with Crippen LogP contribution in [-0.2, 0) is 10.8 Å². The summed E-state index contributed by atoms with van der Waals surface area (Å²) in [5.74, 6) is 2.31. The highest BCUT2D eigenvalue weighted by atomic mass is 15.2. The molecule has 0 amide bonds. The third-order valence-electron chi connectivity index (χ3n) is 15.7. The van der Waals surface area contributed by atoms with Crippen LogP contribution in [-0.4, -0.2) is 24.1 Å². The normalized spacial score (nSPS) is 15.1. The van der Waals surface area contributed by atoms with Gasteiger partial charge in [-0.05, 0) is 91.9 Å². The first-order valence-corrected chi connectivity index (χ1v) is 24.9. The second kappa shape index (κ2) is 16.4. The number of benzene rings is 9. The Bertz CT molecular complexity index is 4010. The summed E-state index contributed by atoms with van der Waals surface area (Å²) in [5.41, 5.74) is 17.3. The fraction of sp³-hybridized carbons (Fsp3) is 0.136. The lowest BCUT2D eigenvalue weighted by Crippen LogP contribution is -2.40. The Morgan fingerprint density at radius 1 is 0.394 bits per heavy atom. The Labute approximate surface area is 414 Å². The molecule has 0 radical (unpaired) electrons. The summed E-state index contributed by atoms with van der Waals surface area (Å²) in [6.07, 6.45) is 1.17. The van der Waals surface area contributed by atoms with Gasteiger partial charge in [0.25, 0.3) is 0 Å². The number of aromatic nitrogens is 5. The van der Waals surface area contributed by atoms with Gasteiger partial charge in [-0.25, -0.2) is 4.98 Å². The zero-order valence-corrected chi connectivity index (χ0v) is 40.7. The third kappa shape index (κ3) is 6.86. The van der Waals surface area contributed by atoms with E-state index >= 15 is 0 Å². The highest BCUT2D eigenvalue weighted by Gasteiger charge is 2.43. The monoisotopic (exact) mass is 915 g/mol. The van der Waals surface area contributed by atoms with Crippen LogP contribution in [0.3, 0.4) is 0 Å². The van der Waals surface area contributed by atoms with E-state index in [9.17, 15) is 0 Å². The van der Waals surface area contributed by atoms with Gasteiger partial charge >= 0.3 is 0 Å². The summed E-state index contributed by atoms with van der Waals surface area (Å²) >= 11 is 0. The topological polar surface area (TPSA) is 48.5 Å². The second-order valence-corrected chi connectivity index (χ2v) is 20.7. The maximum Gasteiger partial charge on any atom is 0.238 e. The lowest BCUT2D eigenvalue weighted by molar-refractivity contribution is 0.234. The van der Waals surface area contributed by atoms with Gasteiger partial charge in [-0.3, -0.25) is 4.57 Å². The molecular formula is C66H53N5. The minimum Gasteiger partial charge on any atom is -0.307 e. The molecule has 9 aromatic carbocycles. The number of para-hydroxylation sites is 2. The molecule has 1 unspecified atom stereocenters. The molecule has 3 heterocycles. The molecule has 12 aromatic rings. The Hall–Kier alpha value is -8.41. The van der Waals surface area contributed by atoms with Gasteiger partial charge in [0.05, 0.1) is 22.1 Å². The summed E-state index contributed by atoms with van der Waals surface area (Å²) in [4.78, 5) is 16.3. The van der Waals surface area contributed by atoms with Gasteiger partial charge in [0.15, 0.2) is 11.6 Å². The highest BCUT2D eigenvalue weighted by molar-refractivity contribution is 6.23. The Morgan fingerprint density at radius 2 is 0.887 bits per heavy atom. The standard InChI is InChI=1S/C66H53N5/c1-42-41-65(2,3)56-28-18-27-50(59(56)66(42,4)5)46-35-37-48(38-36-46)70-57-29-16-14-24-51(57)53-39-40-54-52-25-15-17-30-58(52)71(61(54)60(53)70)64-68-62(47-33-31-44(32-34-47)43-19-8-6-9-20-43)67-63(69-64)55-26-13-12-23-49(55)45-21-10-7-11-22-45/h6-40,42H,41H2,1-5H3. The van der Waals surface area contributed by atoms with Crippen molar-refractivity contribution in [3.05, 3.63) is 223 Å². The number of fused-ring (bicyclic) bond motifs is 8. The maximum atomic E-state index is 5.53. The minimum absolute atomic E-state index is 0.0377. The van der Waals surface area contributed by atoms with E-state index in [4.69, 9.17) is 15.0 Å². The summed E-state index contributed by atoms with van der Waals surface area (Å²) in [5, 5.41) is 4.61. The van der Waals surface area contributed by atoms with Crippen LogP contribution in [0.15, 0.2) is 212 Å². The molecule has 71 heavy (non-hydrogen) atoms. The number of rotatable bonds is 7. The summed E-state index contributed by atoms with van der Waals surface area (Å²) in [6.45, 7) is 12.1. The van der Waals surface area contributed by atoms with Gasteiger partial charge in [0.1, 0.15) is 0 Å². The Morgan fingerprint density at radius 3 is 1.56 bits per heavy atom. The quantitative estimate of drug-likeness (QED) is 0.160. The lowest BCUT2D eigenvalue weighted by Gasteiger charge is -2.47. The van der Waals surface area contributed by atoms with Crippen molar-refractivity contribution in [1.29, 1.82) is 0 Å². The number of nitrogens with zero attached hydrogens (tertiary/aromatic N) is 5. The summed E-state index contributed by atoms with van der Waals surface area (Å²) in [7, 11) is 0. The molecule has 13 rings (SSSR count). The van der Waals surface area contributed by atoms with Gasteiger partial charge in [-0.2, -0.15) is 9.97 Å². The van der Waals surface area contributed by atoms with Crippen LogP contribution in [0.4, 0.5) is 0 Å². The van der Waals surface area contributed by atoms with E-state index in [1.165, 1.54) is 34.1 Å². The van der Waals surface area contributed by atoms with E-state index in [1.54, 1.807) is 0 Å². The molecule has 0 aliphatic heterocycles. The summed E-state index contributed by atoms with van der Waals surface area (Å²) < 4.78 is 4.74. The first-order valence-electron chi connectivity index (χ1n) is 24.9. The first kappa shape index (κ1) is 42.7. The minimum atomic E-state index is 0.0377.